The standard InChI is InChI=1S/C20H23N3O4S/c1-21-19(24)15-7-11-18(12-8-15)28(26,27)23(2)13-14-3-5-16(6-4-14)20(25)22-17-9-10-17/h3-8,11-12,17H,9-10,13H2,1-2H3,(H,21,24)(H,22,25). The van der Waals surface area contributed by atoms with E-state index in [-0.39, 0.29) is 23.3 Å². The van der Waals surface area contributed by atoms with Crippen LogP contribution in [0, 0.1) is 0 Å². The van der Waals surface area contributed by atoms with Crippen molar-refractivity contribution < 1.29 is 18.0 Å². The molecule has 1 aliphatic carbocycles. The molecule has 0 aromatic heterocycles. The summed E-state index contributed by atoms with van der Waals surface area (Å²) in [7, 11) is -0.687. The van der Waals surface area contributed by atoms with Crippen molar-refractivity contribution in [3.8, 4) is 0 Å². The number of nitrogens with one attached hydrogen (secondary N) is 2. The summed E-state index contributed by atoms with van der Waals surface area (Å²) in [4.78, 5) is 23.7. The average Bonchev–Trinajstić information content (AvgIpc) is 3.51. The molecule has 2 aromatic rings. The topological polar surface area (TPSA) is 95.6 Å². The molecule has 0 spiro atoms. The highest BCUT2D eigenvalue weighted by Crippen LogP contribution is 2.20. The fourth-order valence-electron chi connectivity index (χ4n) is 2.70. The molecule has 2 amide bonds. The lowest BCUT2D eigenvalue weighted by Gasteiger charge is -2.17. The molecule has 3 rings (SSSR count). The summed E-state index contributed by atoms with van der Waals surface area (Å²) in [5, 5.41) is 5.41. The van der Waals surface area contributed by atoms with E-state index in [0.29, 0.717) is 17.2 Å². The van der Waals surface area contributed by atoms with Crippen LogP contribution in [0.2, 0.25) is 0 Å². The van der Waals surface area contributed by atoms with Crippen molar-refractivity contribution in [3.63, 3.8) is 0 Å². The van der Waals surface area contributed by atoms with E-state index in [1.807, 2.05) is 0 Å². The maximum Gasteiger partial charge on any atom is 0.251 e. The quantitative estimate of drug-likeness (QED) is 0.739. The third-order valence-electron chi connectivity index (χ3n) is 4.59. The fourth-order valence-corrected chi connectivity index (χ4v) is 3.86. The van der Waals surface area contributed by atoms with E-state index in [1.54, 1.807) is 24.3 Å². The van der Waals surface area contributed by atoms with Gasteiger partial charge >= 0.3 is 0 Å². The van der Waals surface area contributed by atoms with Gasteiger partial charge in [0.1, 0.15) is 0 Å². The van der Waals surface area contributed by atoms with Gasteiger partial charge in [-0.2, -0.15) is 4.31 Å². The van der Waals surface area contributed by atoms with E-state index < -0.39 is 10.0 Å². The normalized spacial score (nSPS) is 14.0. The zero-order valence-electron chi connectivity index (χ0n) is 15.8. The Balaban J connectivity index is 1.67. The lowest BCUT2D eigenvalue weighted by atomic mass is 10.1. The number of sulfonamides is 1. The summed E-state index contributed by atoms with van der Waals surface area (Å²) in [5.41, 5.74) is 1.73. The first-order chi connectivity index (χ1) is 13.3. The van der Waals surface area contributed by atoms with Gasteiger partial charge in [-0.15, -0.1) is 0 Å². The van der Waals surface area contributed by atoms with Gasteiger partial charge in [0.25, 0.3) is 11.8 Å². The first-order valence-electron chi connectivity index (χ1n) is 8.99. The van der Waals surface area contributed by atoms with E-state index in [4.69, 9.17) is 0 Å². The van der Waals surface area contributed by atoms with Gasteiger partial charge in [-0.05, 0) is 54.8 Å². The lowest BCUT2D eigenvalue weighted by molar-refractivity contribution is 0.0947. The van der Waals surface area contributed by atoms with Gasteiger partial charge in [0.2, 0.25) is 10.0 Å². The molecule has 0 radical (unpaired) electrons. The van der Waals surface area contributed by atoms with E-state index in [2.05, 4.69) is 10.6 Å². The molecule has 2 N–H and O–H groups in total. The number of carbonyl (C=O) groups is 2. The number of amides is 2. The fraction of sp³-hybridized carbons (Fsp3) is 0.300. The van der Waals surface area contributed by atoms with Crippen LogP contribution in [-0.2, 0) is 16.6 Å². The molecule has 1 aliphatic rings. The van der Waals surface area contributed by atoms with Gasteiger partial charge in [-0.1, -0.05) is 12.1 Å². The third-order valence-corrected chi connectivity index (χ3v) is 6.40. The van der Waals surface area contributed by atoms with Crippen molar-refractivity contribution in [2.75, 3.05) is 14.1 Å². The Morgan fingerprint density at radius 2 is 1.50 bits per heavy atom. The van der Waals surface area contributed by atoms with Crippen LogP contribution in [0.1, 0.15) is 39.1 Å². The molecule has 7 nitrogen and oxygen atoms in total. The highest BCUT2D eigenvalue weighted by atomic mass is 32.2. The SMILES string of the molecule is CNC(=O)c1ccc(S(=O)(=O)N(C)Cc2ccc(C(=O)NC3CC3)cc2)cc1. The Labute approximate surface area is 164 Å². The van der Waals surface area contributed by atoms with E-state index >= 15 is 0 Å². The summed E-state index contributed by atoms with van der Waals surface area (Å²) >= 11 is 0. The minimum atomic E-state index is -3.70. The largest absolute Gasteiger partial charge is 0.355 e. The second kappa shape index (κ2) is 8.12. The molecular weight excluding hydrogens is 378 g/mol. The van der Waals surface area contributed by atoms with Crippen molar-refractivity contribution in [2.45, 2.75) is 30.3 Å². The van der Waals surface area contributed by atoms with Gasteiger partial charge in [0, 0.05) is 37.8 Å². The Morgan fingerprint density at radius 3 is 2.04 bits per heavy atom. The van der Waals surface area contributed by atoms with Crippen molar-refractivity contribution in [1.82, 2.24) is 14.9 Å². The zero-order valence-corrected chi connectivity index (χ0v) is 16.6. The number of hydrogen-bond acceptors (Lipinski definition) is 4. The first-order valence-corrected chi connectivity index (χ1v) is 10.4. The summed E-state index contributed by atoms with van der Waals surface area (Å²) in [6.45, 7) is 0.171. The van der Waals surface area contributed by atoms with E-state index in [0.717, 1.165) is 18.4 Å². The zero-order chi connectivity index (χ0) is 20.3. The summed E-state index contributed by atoms with van der Waals surface area (Å²) < 4.78 is 26.7. The highest BCUT2D eigenvalue weighted by molar-refractivity contribution is 7.89. The smallest absolute Gasteiger partial charge is 0.251 e. The summed E-state index contributed by atoms with van der Waals surface area (Å²) in [5.74, 6) is -0.380. The Bertz CT molecular complexity index is 966. The second-order valence-corrected chi connectivity index (χ2v) is 8.85. The molecule has 0 aliphatic heterocycles. The second-order valence-electron chi connectivity index (χ2n) is 6.81. The predicted molar refractivity (Wildman–Crippen MR) is 105 cm³/mol. The van der Waals surface area contributed by atoms with E-state index in [9.17, 15) is 18.0 Å². The van der Waals surface area contributed by atoms with Gasteiger partial charge in [0.15, 0.2) is 0 Å². The van der Waals surface area contributed by atoms with Crippen molar-refractivity contribution >= 4 is 21.8 Å². The molecule has 2 aromatic carbocycles. The number of carbonyl (C=O) groups excluding carboxylic acids is 2. The summed E-state index contributed by atoms with van der Waals surface area (Å²) in [6, 6.07) is 13.0. The molecule has 28 heavy (non-hydrogen) atoms. The molecule has 148 valence electrons. The number of rotatable bonds is 7. The van der Waals surface area contributed by atoms with Crippen LogP contribution < -0.4 is 10.6 Å². The average molecular weight is 401 g/mol. The van der Waals surface area contributed by atoms with E-state index in [1.165, 1.54) is 42.7 Å². The third kappa shape index (κ3) is 4.58. The number of benzene rings is 2. The van der Waals surface area contributed by atoms with Crippen molar-refractivity contribution in [2.24, 2.45) is 0 Å². The minimum Gasteiger partial charge on any atom is -0.355 e. The van der Waals surface area contributed by atoms with Crippen molar-refractivity contribution in [3.05, 3.63) is 65.2 Å². The molecule has 0 atom stereocenters. The minimum absolute atomic E-state index is 0.105. The molecule has 0 unspecified atom stereocenters. The lowest BCUT2D eigenvalue weighted by Crippen LogP contribution is -2.27. The molecule has 1 fully saturated rings. The Kier molecular flexibility index (Phi) is 5.81. The first kappa shape index (κ1) is 20.0. The van der Waals surface area contributed by atoms with Gasteiger partial charge in [-0.3, -0.25) is 9.59 Å². The molecule has 8 heteroatoms. The van der Waals surface area contributed by atoms with Crippen LogP contribution >= 0.6 is 0 Å². The molecule has 0 saturated heterocycles. The van der Waals surface area contributed by atoms with Crippen LogP contribution in [0.5, 0.6) is 0 Å². The van der Waals surface area contributed by atoms with Crippen LogP contribution in [0.25, 0.3) is 0 Å². The molecule has 1 saturated carbocycles. The van der Waals surface area contributed by atoms with Crippen LogP contribution in [0.15, 0.2) is 53.4 Å². The number of hydrogen-bond donors (Lipinski definition) is 2. The van der Waals surface area contributed by atoms with Crippen LogP contribution in [-0.4, -0.2) is 44.7 Å². The molecular formula is C20H23N3O4S. The maximum absolute atomic E-state index is 12.8. The van der Waals surface area contributed by atoms with Crippen LogP contribution in [0.4, 0.5) is 0 Å². The van der Waals surface area contributed by atoms with Crippen LogP contribution in [0.3, 0.4) is 0 Å². The number of nitrogens with zero attached hydrogens (tertiary/aromatic N) is 1. The Hall–Kier alpha value is -2.71. The maximum atomic E-state index is 12.8. The van der Waals surface area contributed by atoms with Gasteiger partial charge in [0.05, 0.1) is 4.90 Å². The highest BCUT2D eigenvalue weighted by Gasteiger charge is 2.24. The molecule has 0 heterocycles. The van der Waals surface area contributed by atoms with Crippen molar-refractivity contribution in [1.29, 1.82) is 0 Å². The predicted octanol–water partition coefficient (Wildman–Crippen LogP) is 1.76. The monoisotopic (exact) mass is 401 g/mol. The molecule has 0 bridgehead atoms. The Morgan fingerprint density at radius 1 is 0.964 bits per heavy atom. The van der Waals surface area contributed by atoms with Gasteiger partial charge < -0.3 is 10.6 Å². The summed E-state index contributed by atoms with van der Waals surface area (Å²) in [6.07, 6.45) is 2.05. The van der Waals surface area contributed by atoms with Gasteiger partial charge in [-0.25, -0.2) is 8.42 Å².